The second-order valence-electron chi connectivity index (χ2n) is 4.85. The fourth-order valence-electron chi connectivity index (χ4n) is 2.80. The highest BCUT2D eigenvalue weighted by Crippen LogP contribution is 2.32. The fourth-order valence-corrected chi connectivity index (χ4v) is 2.80. The van der Waals surface area contributed by atoms with Crippen LogP contribution in [0.3, 0.4) is 0 Å². The van der Waals surface area contributed by atoms with E-state index in [1.165, 1.54) is 25.7 Å². The molecule has 0 aliphatic heterocycles. The molecular weight excluding hydrogens is 188 g/mol. The van der Waals surface area contributed by atoms with Gasteiger partial charge in [0.25, 0.3) is 0 Å². The lowest BCUT2D eigenvalue weighted by Gasteiger charge is -2.40. The lowest BCUT2D eigenvalue weighted by atomic mass is 9.76. The summed E-state index contributed by atoms with van der Waals surface area (Å²) in [6.07, 6.45) is 5.13. The number of aliphatic hydroxyl groups is 1. The first-order valence-corrected chi connectivity index (χ1v) is 6.24. The first kappa shape index (κ1) is 12.9. The van der Waals surface area contributed by atoms with E-state index in [2.05, 4.69) is 18.9 Å². The van der Waals surface area contributed by atoms with Crippen LogP contribution in [0.1, 0.15) is 32.6 Å². The van der Waals surface area contributed by atoms with E-state index in [1.807, 2.05) is 0 Å². The van der Waals surface area contributed by atoms with Crippen molar-refractivity contribution in [1.82, 2.24) is 4.90 Å². The SMILES string of the molecule is CCC1CCC(CN)C(N(C)CCO)C1. The zero-order valence-corrected chi connectivity index (χ0v) is 10.2. The van der Waals surface area contributed by atoms with Crippen LogP contribution in [0.2, 0.25) is 0 Å². The second kappa shape index (κ2) is 6.46. The van der Waals surface area contributed by atoms with Crippen molar-refractivity contribution in [1.29, 1.82) is 0 Å². The van der Waals surface area contributed by atoms with Crippen molar-refractivity contribution in [2.45, 2.75) is 38.6 Å². The third-order valence-electron chi connectivity index (χ3n) is 3.96. The number of likely N-dealkylation sites (N-methyl/N-ethyl adjacent to an activating group) is 1. The summed E-state index contributed by atoms with van der Waals surface area (Å²) in [7, 11) is 2.11. The van der Waals surface area contributed by atoms with Gasteiger partial charge in [-0.05, 0) is 38.3 Å². The molecule has 1 rings (SSSR count). The van der Waals surface area contributed by atoms with Gasteiger partial charge in [0.1, 0.15) is 0 Å². The number of nitrogens with two attached hydrogens (primary N) is 1. The lowest BCUT2D eigenvalue weighted by molar-refractivity contribution is 0.0860. The quantitative estimate of drug-likeness (QED) is 0.719. The third kappa shape index (κ3) is 3.44. The van der Waals surface area contributed by atoms with E-state index in [-0.39, 0.29) is 6.61 Å². The average molecular weight is 214 g/mol. The van der Waals surface area contributed by atoms with Crippen molar-refractivity contribution in [3.8, 4) is 0 Å². The number of aliphatic hydroxyl groups excluding tert-OH is 1. The van der Waals surface area contributed by atoms with Gasteiger partial charge in [0.15, 0.2) is 0 Å². The van der Waals surface area contributed by atoms with Crippen LogP contribution in [0, 0.1) is 11.8 Å². The molecule has 0 bridgehead atoms. The van der Waals surface area contributed by atoms with Crippen LogP contribution in [0.15, 0.2) is 0 Å². The van der Waals surface area contributed by atoms with Gasteiger partial charge in [0.05, 0.1) is 6.61 Å². The van der Waals surface area contributed by atoms with E-state index < -0.39 is 0 Å². The topological polar surface area (TPSA) is 49.5 Å². The molecule has 0 radical (unpaired) electrons. The van der Waals surface area contributed by atoms with Crippen LogP contribution in [0.4, 0.5) is 0 Å². The monoisotopic (exact) mass is 214 g/mol. The molecule has 3 heteroatoms. The minimum absolute atomic E-state index is 0.251. The number of hydrogen-bond donors (Lipinski definition) is 2. The molecule has 0 aromatic carbocycles. The molecule has 0 heterocycles. The maximum atomic E-state index is 8.98. The highest BCUT2D eigenvalue weighted by molar-refractivity contribution is 4.85. The summed E-state index contributed by atoms with van der Waals surface area (Å²) >= 11 is 0. The van der Waals surface area contributed by atoms with Gasteiger partial charge >= 0.3 is 0 Å². The fraction of sp³-hybridized carbons (Fsp3) is 1.00. The van der Waals surface area contributed by atoms with E-state index in [1.54, 1.807) is 0 Å². The average Bonchev–Trinajstić information content (AvgIpc) is 2.28. The normalized spacial score (nSPS) is 32.2. The van der Waals surface area contributed by atoms with Crippen LogP contribution < -0.4 is 5.73 Å². The van der Waals surface area contributed by atoms with Crippen molar-refractivity contribution in [3.63, 3.8) is 0 Å². The third-order valence-corrected chi connectivity index (χ3v) is 3.96. The summed E-state index contributed by atoms with van der Waals surface area (Å²) in [6, 6.07) is 0.584. The Morgan fingerprint density at radius 3 is 2.67 bits per heavy atom. The number of rotatable bonds is 5. The Labute approximate surface area is 93.6 Å². The van der Waals surface area contributed by atoms with Gasteiger partial charge in [0, 0.05) is 12.6 Å². The Bertz CT molecular complexity index is 175. The minimum Gasteiger partial charge on any atom is -0.395 e. The molecule has 0 amide bonds. The van der Waals surface area contributed by atoms with Crippen LogP contribution >= 0.6 is 0 Å². The van der Waals surface area contributed by atoms with E-state index in [0.29, 0.717) is 12.0 Å². The van der Waals surface area contributed by atoms with Crippen LogP contribution in [0.5, 0.6) is 0 Å². The zero-order chi connectivity index (χ0) is 11.3. The summed E-state index contributed by atoms with van der Waals surface area (Å²) in [6.45, 7) is 4.09. The molecule has 1 saturated carbocycles. The predicted molar refractivity (Wildman–Crippen MR) is 63.7 cm³/mol. The molecule has 0 spiro atoms. The summed E-state index contributed by atoms with van der Waals surface area (Å²) in [5.41, 5.74) is 5.83. The summed E-state index contributed by atoms with van der Waals surface area (Å²) < 4.78 is 0. The largest absolute Gasteiger partial charge is 0.395 e. The van der Waals surface area contributed by atoms with Gasteiger partial charge in [-0.25, -0.2) is 0 Å². The Morgan fingerprint density at radius 1 is 1.40 bits per heavy atom. The molecule has 3 N–H and O–H groups in total. The summed E-state index contributed by atoms with van der Waals surface area (Å²) in [5, 5.41) is 8.98. The second-order valence-corrected chi connectivity index (χ2v) is 4.85. The molecule has 3 unspecified atom stereocenters. The van der Waals surface area contributed by atoms with Crippen molar-refractivity contribution in [2.24, 2.45) is 17.6 Å². The smallest absolute Gasteiger partial charge is 0.0558 e. The molecule has 3 nitrogen and oxygen atoms in total. The standard InChI is InChI=1S/C12H26N2O/c1-3-10-4-5-11(9-13)12(8-10)14(2)6-7-15/h10-12,15H,3-9,13H2,1-2H3. The molecule has 15 heavy (non-hydrogen) atoms. The lowest BCUT2D eigenvalue weighted by Crippen LogP contribution is -2.46. The minimum atomic E-state index is 0.251. The Morgan fingerprint density at radius 2 is 2.13 bits per heavy atom. The molecular formula is C12H26N2O. The maximum Gasteiger partial charge on any atom is 0.0558 e. The van der Waals surface area contributed by atoms with Gasteiger partial charge in [-0.2, -0.15) is 0 Å². The van der Waals surface area contributed by atoms with Gasteiger partial charge in [0.2, 0.25) is 0 Å². The highest BCUT2D eigenvalue weighted by Gasteiger charge is 2.31. The van der Waals surface area contributed by atoms with Gasteiger partial charge < -0.3 is 15.7 Å². The van der Waals surface area contributed by atoms with Gasteiger partial charge in [-0.3, -0.25) is 0 Å². The van der Waals surface area contributed by atoms with E-state index >= 15 is 0 Å². The molecule has 3 atom stereocenters. The predicted octanol–water partition coefficient (Wildman–Crippen LogP) is 1.06. The van der Waals surface area contributed by atoms with Crippen LogP contribution in [-0.4, -0.2) is 42.8 Å². The van der Waals surface area contributed by atoms with Crippen molar-refractivity contribution >= 4 is 0 Å². The molecule has 1 aliphatic carbocycles. The molecule has 0 saturated heterocycles. The Kier molecular flexibility index (Phi) is 5.58. The Balaban J connectivity index is 2.54. The number of nitrogens with zero attached hydrogens (tertiary/aromatic N) is 1. The van der Waals surface area contributed by atoms with Crippen LogP contribution in [0.25, 0.3) is 0 Å². The molecule has 0 aromatic heterocycles. The van der Waals surface area contributed by atoms with Crippen molar-refractivity contribution in [3.05, 3.63) is 0 Å². The summed E-state index contributed by atoms with van der Waals surface area (Å²) in [4.78, 5) is 2.29. The van der Waals surface area contributed by atoms with Gasteiger partial charge in [-0.15, -0.1) is 0 Å². The molecule has 0 aromatic rings. The Hall–Kier alpha value is -0.120. The molecule has 90 valence electrons. The van der Waals surface area contributed by atoms with E-state index in [9.17, 15) is 0 Å². The first-order chi connectivity index (χ1) is 7.22. The number of hydrogen-bond acceptors (Lipinski definition) is 3. The van der Waals surface area contributed by atoms with Crippen LogP contribution in [-0.2, 0) is 0 Å². The molecule has 1 fully saturated rings. The summed E-state index contributed by atoms with van der Waals surface area (Å²) in [5.74, 6) is 1.49. The highest BCUT2D eigenvalue weighted by atomic mass is 16.3. The van der Waals surface area contributed by atoms with E-state index in [4.69, 9.17) is 10.8 Å². The van der Waals surface area contributed by atoms with Crippen molar-refractivity contribution < 1.29 is 5.11 Å². The zero-order valence-electron chi connectivity index (χ0n) is 10.2. The first-order valence-electron chi connectivity index (χ1n) is 6.24. The van der Waals surface area contributed by atoms with Gasteiger partial charge in [-0.1, -0.05) is 19.8 Å². The van der Waals surface area contributed by atoms with Crippen molar-refractivity contribution in [2.75, 3.05) is 26.7 Å². The maximum absolute atomic E-state index is 8.98. The molecule has 1 aliphatic rings. The van der Waals surface area contributed by atoms with E-state index in [0.717, 1.165) is 19.0 Å².